The number of hydrogen-bond donors (Lipinski definition) is 2. The molecule has 1 aromatic rings. The maximum Gasteiger partial charge on any atom is 0.147 e. The van der Waals surface area contributed by atoms with E-state index < -0.39 is 0 Å². The highest BCUT2D eigenvalue weighted by Crippen LogP contribution is 2.36. The highest BCUT2D eigenvalue weighted by Gasteiger charge is 2.26. The molecule has 0 atom stereocenters. The lowest BCUT2D eigenvalue weighted by Crippen LogP contribution is -2.37. The topological polar surface area (TPSA) is 64.9 Å². The Labute approximate surface area is 164 Å². The molecule has 1 saturated heterocycles. The second kappa shape index (κ2) is 7.84. The number of thioether (sulfide) groups is 1. The molecule has 2 heterocycles. The molecule has 0 bridgehead atoms. The van der Waals surface area contributed by atoms with Crippen LogP contribution in [0.5, 0.6) is 0 Å². The van der Waals surface area contributed by atoms with Crippen LogP contribution in [-0.4, -0.2) is 35.8 Å². The summed E-state index contributed by atoms with van der Waals surface area (Å²) in [7, 11) is 1.79. The number of rotatable bonds is 4. The van der Waals surface area contributed by atoms with Gasteiger partial charge in [-0.15, -0.1) is 0 Å². The van der Waals surface area contributed by atoms with E-state index in [1.54, 1.807) is 25.5 Å². The van der Waals surface area contributed by atoms with Crippen LogP contribution in [-0.2, 0) is 0 Å². The zero-order valence-corrected chi connectivity index (χ0v) is 16.9. The molecule has 1 fully saturated rings. The standard InChI is InChI=1S/C19H24ClN5S/c1-19(2)6-8-25(9-7-19)16-11-24-17(12-23-16)26-15-5-4-14(21)13(10-22-3)18(15)20/h4-5,10-12,21-22H,6-9H2,1-3H3/b13-10+,21-14?. The number of nitrogens with zero attached hydrogens (tertiary/aromatic N) is 3. The van der Waals surface area contributed by atoms with Crippen LogP contribution >= 0.6 is 23.4 Å². The summed E-state index contributed by atoms with van der Waals surface area (Å²) in [4.78, 5) is 12.3. The highest BCUT2D eigenvalue weighted by atomic mass is 35.5. The smallest absolute Gasteiger partial charge is 0.147 e. The zero-order valence-electron chi connectivity index (χ0n) is 15.3. The Morgan fingerprint density at radius 3 is 2.58 bits per heavy atom. The fraction of sp³-hybridized carbons (Fsp3) is 0.421. The fourth-order valence-electron chi connectivity index (χ4n) is 2.92. The maximum absolute atomic E-state index is 7.96. The lowest BCUT2D eigenvalue weighted by atomic mass is 9.83. The number of allylic oxidation sites excluding steroid dienone is 4. The van der Waals surface area contributed by atoms with Crippen LogP contribution in [0.25, 0.3) is 0 Å². The number of nitrogens with one attached hydrogen (secondary N) is 2. The monoisotopic (exact) mass is 389 g/mol. The van der Waals surface area contributed by atoms with Gasteiger partial charge in [0.15, 0.2) is 0 Å². The van der Waals surface area contributed by atoms with E-state index in [4.69, 9.17) is 17.0 Å². The van der Waals surface area contributed by atoms with E-state index in [9.17, 15) is 0 Å². The first kappa shape index (κ1) is 19.0. The van der Waals surface area contributed by atoms with Gasteiger partial charge in [0.25, 0.3) is 0 Å². The molecule has 1 aliphatic heterocycles. The van der Waals surface area contributed by atoms with Gasteiger partial charge < -0.3 is 15.6 Å². The van der Waals surface area contributed by atoms with E-state index in [-0.39, 0.29) is 0 Å². The van der Waals surface area contributed by atoms with Gasteiger partial charge in [-0.25, -0.2) is 9.97 Å². The van der Waals surface area contributed by atoms with Crippen molar-refractivity contribution in [3.8, 4) is 0 Å². The Hall–Kier alpha value is -1.79. The number of hydrogen-bond acceptors (Lipinski definition) is 6. The molecule has 0 radical (unpaired) electrons. The summed E-state index contributed by atoms with van der Waals surface area (Å²) in [5, 5.41) is 12.2. The molecule has 5 nitrogen and oxygen atoms in total. The van der Waals surface area contributed by atoms with Crippen molar-refractivity contribution >= 4 is 34.9 Å². The van der Waals surface area contributed by atoms with E-state index in [0.717, 1.165) is 28.8 Å². The maximum atomic E-state index is 7.96. The molecule has 2 aliphatic rings. The highest BCUT2D eigenvalue weighted by molar-refractivity contribution is 8.03. The molecule has 1 aromatic heterocycles. The molecule has 0 spiro atoms. The van der Waals surface area contributed by atoms with Crippen LogP contribution in [0.1, 0.15) is 26.7 Å². The Morgan fingerprint density at radius 2 is 1.96 bits per heavy atom. The predicted octanol–water partition coefficient (Wildman–Crippen LogP) is 4.34. The van der Waals surface area contributed by atoms with E-state index in [0.29, 0.717) is 21.7 Å². The first-order valence-corrected chi connectivity index (χ1v) is 9.88. The molecule has 7 heteroatoms. The molecule has 1 aliphatic carbocycles. The summed E-state index contributed by atoms with van der Waals surface area (Å²) in [6.45, 7) is 6.69. The second-order valence-corrected chi connectivity index (χ2v) is 8.68. The van der Waals surface area contributed by atoms with Crippen molar-refractivity contribution in [1.82, 2.24) is 15.3 Å². The predicted molar refractivity (Wildman–Crippen MR) is 110 cm³/mol. The van der Waals surface area contributed by atoms with E-state index in [1.165, 1.54) is 24.6 Å². The normalized spacial score (nSPS) is 21.5. The molecule has 138 valence electrons. The molecule has 26 heavy (non-hydrogen) atoms. The van der Waals surface area contributed by atoms with Crippen molar-refractivity contribution in [2.75, 3.05) is 25.0 Å². The Bertz CT molecular complexity index is 770. The van der Waals surface area contributed by atoms with Gasteiger partial charge in [-0.05, 0) is 30.4 Å². The van der Waals surface area contributed by atoms with Gasteiger partial charge in [0, 0.05) is 36.8 Å². The second-order valence-electron chi connectivity index (χ2n) is 7.24. The van der Waals surface area contributed by atoms with Crippen molar-refractivity contribution in [1.29, 1.82) is 5.41 Å². The summed E-state index contributed by atoms with van der Waals surface area (Å²) >= 11 is 7.92. The number of piperidine rings is 1. The third kappa shape index (κ3) is 4.30. The van der Waals surface area contributed by atoms with Crippen LogP contribution in [0.2, 0.25) is 0 Å². The molecule has 0 amide bonds. The quantitative estimate of drug-likeness (QED) is 0.801. The van der Waals surface area contributed by atoms with Crippen molar-refractivity contribution in [3.63, 3.8) is 0 Å². The molecule has 3 rings (SSSR count). The Kier molecular flexibility index (Phi) is 5.73. The summed E-state index contributed by atoms with van der Waals surface area (Å²) in [6, 6.07) is 0. The number of halogens is 1. The largest absolute Gasteiger partial charge is 0.393 e. The van der Waals surface area contributed by atoms with Crippen LogP contribution < -0.4 is 10.2 Å². The number of anilines is 1. The minimum absolute atomic E-state index is 0.392. The average Bonchev–Trinajstić information content (AvgIpc) is 2.62. The molecule has 0 unspecified atom stereocenters. The Balaban J connectivity index is 1.71. The van der Waals surface area contributed by atoms with Gasteiger partial charge in [-0.3, -0.25) is 0 Å². The molecule has 0 aromatic carbocycles. The van der Waals surface area contributed by atoms with Crippen molar-refractivity contribution in [2.24, 2.45) is 5.41 Å². The molecular formula is C19H24ClN5S. The van der Waals surface area contributed by atoms with Crippen molar-refractivity contribution in [3.05, 3.63) is 46.3 Å². The molecule has 0 saturated carbocycles. The van der Waals surface area contributed by atoms with Crippen LogP contribution in [0.15, 0.2) is 51.3 Å². The minimum atomic E-state index is 0.392. The van der Waals surface area contributed by atoms with Crippen molar-refractivity contribution < 1.29 is 0 Å². The summed E-state index contributed by atoms with van der Waals surface area (Å²) in [5.41, 5.74) is 1.49. The summed E-state index contributed by atoms with van der Waals surface area (Å²) < 4.78 is 0. The first-order chi connectivity index (χ1) is 12.4. The van der Waals surface area contributed by atoms with Crippen LogP contribution in [0.4, 0.5) is 5.82 Å². The van der Waals surface area contributed by atoms with Crippen LogP contribution in [0.3, 0.4) is 0 Å². The first-order valence-electron chi connectivity index (χ1n) is 8.69. The minimum Gasteiger partial charge on any atom is -0.393 e. The SMILES string of the molecule is CN/C=C1\C(=N)C=CC(Sc2cnc(N3CCC(C)(C)CC3)cn2)=C1Cl. The van der Waals surface area contributed by atoms with Gasteiger partial charge in [-0.1, -0.05) is 37.2 Å². The van der Waals surface area contributed by atoms with Crippen LogP contribution in [0, 0.1) is 10.8 Å². The summed E-state index contributed by atoms with van der Waals surface area (Å²) in [5.74, 6) is 0.932. The van der Waals surface area contributed by atoms with E-state index in [2.05, 4.69) is 34.0 Å². The molecular weight excluding hydrogens is 366 g/mol. The number of aromatic nitrogens is 2. The van der Waals surface area contributed by atoms with E-state index >= 15 is 0 Å². The van der Waals surface area contributed by atoms with Gasteiger partial charge in [0.2, 0.25) is 0 Å². The lowest BCUT2D eigenvalue weighted by molar-refractivity contribution is 0.279. The van der Waals surface area contributed by atoms with E-state index in [1.807, 2.05) is 12.3 Å². The fourth-order valence-corrected chi connectivity index (χ4v) is 4.02. The third-order valence-electron chi connectivity index (χ3n) is 4.70. The average molecular weight is 390 g/mol. The van der Waals surface area contributed by atoms with Gasteiger partial charge in [-0.2, -0.15) is 0 Å². The Morgan fingerprint density at radius 1 is 1.23 bits per heavy atom. The van der Waals surface area contributed by atoms with Gasteiger partial charge >= 0.3 is 0 Å². The van der Waals surface area contributed by atoms with Gasteiger partial charge in [0.1, 0.15) is 10.8 Å². The summed E-state index contributed by atoms with van der Waals surface area (Å²) in [6.07, 6.45) is 11.3. The third-order valence-corrected chi connectivity index (χ3v) is 6.20. The van der Waals surface area contributed by atoms with Crippen molar-refractivity contribution in [2.45, 2.75) is 31.7 Å². The zero-order chi connectivity index (χ0) is 18.7. The van der Waals surface area contributed by atoms with Gasteiger partial charge in [0.05, 0.1) is 23.1 Å². The lowest BCUT2D eigenvalue weighted by Gasteiger charge is -2.37. The molecule has 2 N–H and O–H groups in total.